The second-order valence-electron chi connectivity index (χ2n) is 6.68. The van der Waals surface area contributed by atoms with Crippen molar-refractivity contribution < 1.29 is 28.1 Å². The van der Waals surface area contributed by atoms with Gasteiger partial charge in [-0.2, -0.15) is 13.2 Å². The fraction of sp³-hybridized carbons (Fsp3) is 0.647. The Balaban J connectivity index is 1.66. The summed E-state index contributed by atoms with van der Waals surface area (Å²) in [7, 11) is 0. The highest BCUT2D eigenvalue weighted by atomic mass is 19.4. The summed E-state index contributed by atoms with van der Waals surface area (Å²) in [6, 6.07) is 4.99. The zero-order chi connectivity index (χ0) is 18.9. The topological polar surface area (TPSA) is 82.2 Å². The molecule has 0 amide bonds. The van der Waals surface area contributed by atoms with Crippen LogP contribution in [-0.2, 0) is 10.9 Å². The number of ether oxygens (including phenoxy) is 1. The average molecular weight is 375 g/mol. The molecule has 2 heterocycles. The Morgan fingerprint density at radius 1 is 1.15 bits per heavy atom. The lowest BCUT2D eigenvalue weighted by Gasteiger charge is -2.41. The van der Waals surface area contributed by atoms with Crippen molar-refractivity contribution in [2.45, 2.75) is 30.5 Å². The first-order valence-corrected chi connectivity index (χ1v) is 8.66. The van der Waals surface area contributed by atoms with Gasteiger partial charge in [0, 0.05) is 38.4 Å². The molecule has 2 aliphatic heterocycles. The van der Waals surface area contributed by atoms with Gasteiger partial charge in [0.1, 0.15) is 12.2 Å². The van der Waals surface area contributed by atoms with Crippen LogP contribution in [0.1, 0.15) is 5.56 Å². The molecule has 146 valence electrons. The van der Waals surface area contributed by atoms with Crippen molar-refractivity contribution in [1.82, 2.24) is 4.90 Å². The predicted molar refractivity (Wildman–Crippen MR) is 89.8 cm³/mol. The van der Waals surface area contributed by atoms with Crippen molar-refractivity contribution in [3.05, 3.63) is 29.8 Å². The molecule has 2 aliphatic rings. The van der Waals surface area contributed by atoms with Crippen LogP contribution < -0.4 is 10.6 Å². The summed E-state index contributed by atoms with van der Waals surface area (Å²) >= 11 is 0. The third-order valence-corrected chi connectivity index (χ3v) is 5.15. The molecule has 1 aromatic rings. The summed E-state index contributed by atoms with van der Waals surface area (Å²) in [6.45, 7) is 2.15. The van der Waals surface area contributed by atoms with E-state index in [0.717, 1.165) is 12.1 Å². The zero-order valence-corrected chi connectivity index (χ0v) is 14.3. The molecule has 4 N–H and O–H groups in total. The fourth-order valence-electron chi connectivity index (χ4n) is 3.78. The molecular weight excluding hydrogens is 351 g/mol. The highest BCUT2D eigenvalue weighted by Crippen LogP contribution is 2.32. The lowest BCUT2D eigenvalue weighted by molar-refractivity contribution is -0.137. The number of halogens is 3. The van der Waals surface area contributed by atoms with Crippen LogP contribution in [0.2, 0.25) is 0 Å². The van der Waals surface area contributed by atoms with E-state index in [1.54, 1.807) is 6.07 Å². The number of aliphatic hydroxyl groups excluding tert-OH is 2. The summed E-state index contributed by atoms with van der Waals surface area (Å²) in [5.74, 6) is 0. The number of nitrogens with two attached hydrogens (primary N) is 1. The van der Waals surface area contributed by atoms with Gasteiger partial charge in [0.25, 0.3) is 0 Å². The van der Waals surface area contributed by atoms with Crippen LogP contribution in [-0.4, -0.2) is 78.8 Å². The molecule has 0 radical (unpaired) electrons. The molecular formula is C17H24F3N3O3. The molecule has 0 bridgehead atoms. The van der Waals surface area contributed by atoms with Gasteiger partial charge in [-0.25, -0.2) is 0 Å². The minimum absolute atomic E-state index is 0.228. The van der Waals surface area contributed by atoms with E-state index in [1.165, 1.54) is 6.07 Å². The van der Waals surface area contributed by atoms with Crippen LogP contribution in [0.4, 0.5) is 18.9 Å². The molecule has 1 aromatic carbocycles. The van der Waals surface area contributed by atoms with Gasteiger partial charge in [-0.1, -0.05) is 6.07 Å². The Morgan fingerprint density at radius 3 is 2.42 bits per heavy atom. The maximum atomic E-state index is 12.9. The second-order valence-corrected chi connectivity index (χ2v) is 6.68. The number of nitrogens with zero attached hydrogens (tertiary/aromatic N) is 2. The van der Waals surface area contributed by atoms with Crippen LogP contribution in [0.25, 0.3) is 0 Å². The van der Waals surface area contributed by atoms with Crippen LogP contribution in [0, 0.1) is 0 Å². The predicted octanol–water partition coefficient (Wildman–Crippen LogP) is 0.275. The molecule has 0 unspecified atom stereocenters. The maximum Gasteiger partial charge on any atom is 0.416 e. The van der Waals surface area contributed by atoms with Crippen molar-refractivity contribution in [2.75, 3.05) is 44.2 Å². The van der Waals surface area contributed by atoms with Crippen LogP contribution in [0.15, 0.2) is 24.3 Å². The summed E-state index contributed by atoms with van der Waals surface area (Å²) in [6.07, 6.45) is -6.23. The van der Waals surface area contributed by atoms with E-state index in [2.05, 4.69) is 0 Å². The minimum atomic E-state index is -4.36. The van der Waals surface area contributed by atoms with Crippen LogP contribution in [0.3, 0.4) is 0 Å². The van der Waals surface area contributed by atoms with E-state index >= 15 is 0 Å². The first kappa shape index (κ1) is 19.4. The van der Waals surface area contributed by atoms with Crippen molar-refractivity contribution in [3.63, 3.8) is 0 Å². The Bertz CT molecular complexity index is 606. The van der Waals surface area contributed by atoms with Gasteiger partial charge in [0.05, 0.1) is 24.3 Å². The molecule has 0 aromatic heterocycles. The third-order valence-electron chi connectivity index (χ3n) is 5.15. The van der Waals surface area contributed by atoms with E-state index in [1.807, 2.05) is 9.80 Å². The molecule has 4 atom stereocenters. The lowest BCUT2D eigenvalue weighted by Crippen LogP contribution is -2.57. The molecule has 0 saturated carbocycles. The SMILES string of the molecule is NC[C@H]1O[C@@H](CO)[C@@H](O)[C@@H]1N1CCN(c2cccc(C(F)(F)F)c2)CC1. The van der Waals surface area contributed by atoms with Gasteiger partial charge in [-0.15, -0.1) is 0 Å². The quantitative estimate of drug-likeness (QED) is 0.701. The summed E-state index contributed by atoms with van der Waals surface area (Å²) in [5.41, 5.74) is 5.60. The summed E-state index contributed by atoms with van der Waals surface area (Å²) < 4.78 is 44.3. The molecule has 0 aliphatic carbocycles. The van der Waals surface area contributed by atoms with Crippen LogP contribution in [0.5, 0.6) is 0 Å². The standard InChI is InChI=1S/C17H24F3N3O3/c18-17(19,20)11-2-1-3-12(8-11)22-4-6-23(7-5-22)15-13(9-21)26-14(10-24)16(15)25/h1-3,8,13-16,24-25H,4-7,9-10,21H2/t13-,14+,15-,16-/m1/s1. The van der Waals surface area contributed by atoms with E-state index < -0.39 is 23.9 Å². The Morgan fingerprint density at radius 2 is 1.85 bits per heavy atom. The van der Waals surface area contributed by atoms with E-state index in [-0.39, 0.29) is 25.3 Å². The number of benzene rings is 1. The number of rotatable bonds is 4. The highest BCUT2D eigenvalue weighted by molar-refractivity contribution is 5.49. The zero-order valence-electron chi connectivity index (χ0n) is 14.3. The molecule has 9 heteroatoms. The van der Waals surface area contributed by atoms with E-state index in [4.69, 9.17) is 10.5 Å². The monoisotopic (exact) mass is 375 g/mol. The van der Waals surface area contributed by atoms with Gasteiger partial charge < -0.3 is 25.6 Å². The average Bonchev–Trinajstić information content (AvgIpc) is 2.97. The number of piperazine rings is 1. The van der Waals surface area contributed by atoms with Gasteiger partial charge >= 0.3 is 6.18 Å². The molecule has 6 nitrogen and oxygen atoms in total. The minimum Gasteiger partial charge on any atom is -0.394 e. The number of hydrogen-bond acceptors (Lipinski definition) is 6. The highest BCUT2D eigenvalue weighted by Gasteiger charge is 2.46. The van der Waals surface area contributed by atoms with Crippen molar-refractivity contribution in [1.29, 1.82) is 0 Å². The van der Waals surface area contributed by atoms with Gasteiger partial charge in [-0.3, -0.25) is 4.90 Å². The Kier molecular flexibility index (Phi) is 5.73. The van der Waals surface area contributed by atoms with Gasteiger partial charge in [0.2, 0.25) is 0 Å². The summed E-state index contributed by atoms with van der Waals surface area (Å²) in [4.78, 5) is 3.94. The van der Waals surface area contributed by atoms with Gasteiger partial charge in [0.15, 0.2) is 0 Å². The normalized spacial score (nSPS) is 30.8. The van der Waals surface area contributed by atoms with Crippen molar-refractivity contribution in [2.24, 2.45) is 5.73 Å². The van der Waals surface area contributed by atoms with E-state index in [9.17, 15) is 23.4 Å². The molecule has 2 saturated heterocycles. The van der Waals surface area contributed by atoms with Crippen molar-refractivity contribution >= 4 is 5.69 Å². The van der Waals surface area contributed by atoms with Crippen molar-refractivity contribution in [3.8, 4) is 0 Å². The molecule has 26 heavy (non-hydrogen) atoms. The van der Waals surface area contributed by atoms with Crippen LogP contribution >= 0.6 is 0 Å². The second kappa shape index (κ2) is 7.69. The largest absolute Gasteiger partial charge is 0.416 e. The molecule has 0 spiro atoms. The maximum absolute atomic E-state index is 12.9. The number of anilines is 1. The number of alkyl halides is 3. The number of hydrogen-bond donors (Lipinski definition) is 3. The number of aliphatic hydroxyl groups is 2. The lowest BCUT2D eigenvalue weighted by atomic mass is 10.0. The summed E-state index contributed by atoms with van der Waals surface area (Å²) in [5, 5.41) is 19.7. The molecule has 2 fully saturated rings. The fourth-order valence-corrected chi connectivity index (χ4v) is 3.78. The first-order chi connectivity index (χ1) is 12.3. The van der Waals surface area contributed by atoms with E-state index in [0.29, 0.717) is 31.9 Å². The molecule has 3 rings (SSSR count). The van der Waals surface area contributed by atoms with Gasteiger partial charge in [-0.05, 0) is 18.2 Å². The smallest absolute Gasteiger partial charge is 0.394 e. The first-order valence-electron chi connectivity index (χ1n) is 8.66. The Hall–Kier alpha value is -1.39. The Labute approximate surface area is 149 Å². The third kappa shape index (κ3) is 3.81.